The fraction of sp³-hybridized carbons (Fsp3) is 0.667. The Kier molecular flexibility index (Phi) is 4.10. The van der Waals surface area contributed by atoms with E-state index in [0.717, 1.165) is 9.90 Å². The number of rotatable bonds is 4. The first kappa shape index (κ1) is 13.3. The van der Waals surface area contributed by atoms with Crippen molar-refractivity contribution in [2.45, 2.75) is 38.0 Å². The summed E-state index contributed by atoms with van der Waals surface area (Å²) in [6, 6.07) is 2.15. The molecule has 1 aromatic heterocycles. The third kappa shape index (κ3) is 3.01. The average Bonchev–Trinajstić information content (AvgIpc) is 2.84. The van der Waals surface area contributed by atoms with E-state index in [0.29, 0.717) is 19.6 Å². The van der Waals surface area contributed by atoms with Crippen molar-refractivity contribution in [1.29, 1.82) is 0 Å². The molecule has 1 aliphatic heterocycles. The van der Waals surface area contributed by atoms with Gasteiger partial charge in [-0.2, -0.15) is 0 Å². The molecule has 1 aromatic rings. The molecule has 0 saturated carbocycles. The highest BCUT2D eigenvalue weighted by Crippen LogP contribution is 2.27. The molecule has 0 radical (unpaired) electrons. The van der Waals surface area contributed by atoms with Crippen molar-refractivity contribution in [2.75, 3.05) is 13.2 Å². The fourth-order valence-corrected chi connectivity index (χ4v) is 2.99. The van der Waals surface area contributed by atoms with Crippen molar-refractivity contribution in [3.8, 4) is 0 Å². The summed E-state index contributed by atoms with van der Waals surface area (Å²) in [4.78, 5) is 0. The van der Waals surface area contributed by atoms with Gasteiger partial charge in [-0.1, -0.05) is 11.6 Å². The van der Waals surface area contributed by atoms with Gasteiger partial charge >= 0.3 is 0 Å². The summed E-state index contributed by atoms with van der Waals surface area (Å²) in [6.45, 7) is 5.17. The molecule has 17 heavy (non-hydrogen) atoms. The van der Waals surface area contributed by atoms with Crippen LogP contribution in [0.4, 0.5) is 0 Å². The second-order valence-corrected chi connectivity index (χ2v) is 6.20. The van der Waals surface area contributed by atoms with E-state index in [4.69, 9.17) is 16.3 Å². The van der Waals surface area contributed by atoms with E-state index in [1.54, 1.807) is 0 Å². The molecule has 3 unspecified atom stereocenters. The molecule has 0 aromatic carbocycles. The van der Waals surface area contributed by atoms with Gasteiger partial charge in [-0.15, -0.1) is 11.3 Å². The Morgan fingerprint density at radius 1 is 1.76 bits per heavy atom. The van der Waals surface area contributed by atoms with Crippen LogP contribution in [0.1, 0.15) is 31.9 Å². The van der Waals surface area contributed by atoms with Gasteiger partial charge in [-0.05, 0) is 30.9 Å². The van der Waals surface area contributed by atoms with Gasteiger partial charge in [0.1, 0.15) is 5.60 Å². The van der Waals surface area contributed by atoms with Gasteiger partial charge in [0.2, 0.25) is 0 Å². The van der Waals surface area contributed by atoms with Crippen LogP contribution >= 0.6 is 22.9 Å². The van der Waals surface area contributed by atoms with Crippen LogP contribution in [-0.2, 0) is 4.74 Å². The highest BCUT2D eigenvalue weighted by atomic mass is 35.5. The summed E-state index contributed by atoms with van der Waals surface area (Å²) >= 11 is 7.43. The molecule has 1 saturated heterocycles. The number of hydrogen-bond donors (Lipinski definition) is 2. The molecule has 2 heterocycles. The standard InChI is InChI=1S/C12H18ClNO2S/c1-8(10-5-11(13)17-6-10)14-7-12(15)3-4-16-9(12)2/h5-6,8-9,14-15H,3-4,7H2,1-2H3. The molecular weight excluding hydrogens is 258 g/mol. The maximum absolute atomic E-state index is 10.3. The van der Waals surface area contributed by atoms with Crippen molar-refractivity contribution in [3.63, 3.8) is 0 Å². The SMILES string of the molecule is CC(NCC1(O)CCOC1C)c1csc(Cl)c1. The van der Waals surface area contributed by atoms with Gasteiger partial charge in [0, 0.05) is 25.6 Å². The Balaban J connectivity index is 1.90. The molecule has 2 rings (SSSR count). The Morgan fingerprint density at radius 3 is 3.06 bits per heavy atom. The fourth-order valence-electron chi connectivity index (χ4n) is 2.00. The van der Waals surface area contributed by atoms with Gasteiger partial charge in [-0.3, -0.25) is 0 Å². The minimum absolute atomic E-state index is 0.103. The van der Waals surface area contributed by atoms with Crippen LogP contribution in [0, 0.1) is 0 Å². The zero-order chi connectivity index (χ0) is 12.5. The number of thiophene rings is 1. The lowest BCUT2D eigenvalue weighted by molar-refractivity contribution is -0.0274. The predicted octanol–water partition coefficient (Wildman–Crippen LogP) is 2.59. The number of aliphatic hydroxyl groups is 1. The molecule has 96 valence electrons. The number of halogens is 1. The lowest BCUT2D eigenvalue weighted by atomic mass is 9.96. The van der Waals surface area contributed by atoms with E-state index in [1.807, 2.05) is 18.4 Å². The topological polar surface area (TPSA) is 41.5 Å². The molecule has 0 aliphatic carbocycles. The van der Waals surface area contributed by atoms with Crippen LogP contribution in [0.2, 0.25) is 4.34 Å². The zero-order valence-electron chi connectivity index (χ0n) is 10.1. The van der Waals surface area contributed by atoms with Crippen molar-refractivity contribution in [1.82, 2.24) is 5.32 Å². The predicted molar refractivity (Wildman–Crippen MR) is 70.7 cm³/mol. The average molecular weight is 276 g/mol. The molecule has 1 fully saturated rings. The van der Waals surface area contributed by atoms with E-state index in [-0.39, 0.29) is 12.1 Å². The highest BCUT2D eigenvalue weighted by Gasteiger charge is 2.39. The second kappa shape index (κ2) is 5.24. The number of hydrogen-bond acceptors (Lipinski definition) is 4. The third-order valence-corrected chi connectivity index (χ3v) is 4.57. The molecule has 2 N–H and O–H groups in total. The smallest absolute Gasteiger partial charge is 0.105 e. The summed E-state index contributed by atoms with van der Waals surface area (Å²) in [5.41, 5.74) is 0.420. The van der Waals surface area contributed by atoms with E-state index >= 15 is 0 Å². The molecule has 0 spiro atoms. The molecule has 5 heteroatoms. The summed E-state index contributed by atoms with van der Waals surface area (Å²) in [5, 5.41) is 15.7. The first-order valence-corrected chi connectivity index (χ1v) is 7.08. The Hall–Kier alpha value is -0.130. The third-order valence-electron chi connectivity index (χ3n) is 3.46. The van der Waals surface area contributed by atoms with Crippen LogP contribution in [0.15, 0.2) is 11.4 Å². The number of ether oxygens (including phenoxy) is 1. The van der Waals surface area contributed by atoms with Crippen molar-refractivity contribution in [3.05, 3.63) is 21.3 Å². The first-order valence-electron chi connectivity index (χ1n) is 5.82. The minimum atomic E-state index is -0.742. The molecule has 3 nitrogen and oxygen atoms in total. The lowest BCUT2D eigenvalue weighted by Crippen LogP contribution is -2.46. The summed E-state index contributed by atoms with van der Waals surface area (Å²) in [7, 11) is 0. The second-order valence-electron chi connectivity index (χ2n) is 4.65. The molecule has 1 aliphatic rings. The summed E-state index contributed by atoms with van der Waals surface area (Å²) in [5.74, 6) is 0. The maximum atomic E-state index is 10.3. The summed E-state index contributed by atoms with van der Waals surface area (Å²) in [6.07, 6.45) is 0.589. The van der Waals surface area contributed by atoms with Gasteiger partial charge in [0.15, 0.2) is 0 Å². The van der Waals surface area contributed by atoms with Gasteiger partial charge in [0.05, 0.1) is 10.4 Å². The zero-order valence-corrected chi connectivity index (χ0v) is 11.6. The van der Waals surface area contributed by atoms with Crippen LogP contribution < -0.4 is 5.32 Å². The first-order chi connectivity index (χ1) is 8.01. The number of nitrogens with one attached hydrogen (secondary N) is 1. The lowest BCUT2D eigenvalue weighted by Gasteiger charge is -2.28. The molecule has 0 bridgehead atoms. The van der Waals surface area contributed by atoms with Crippen LogP contribution in [0.3, 0.4) is 0 Å². The van der Waals surface area contributed by atoms with Gasteiger partial charge < -0.3 is 15.2 Å². The Labute approximate surface area is 111 Å². The van der Waals surface area contributed by atoms with E-state index in [1.165, 1.54) is 11.3 Å². The van der Waals surface area contributed by atoms with E-state index < -0.39 is 5.60 Å². The normalized spacial score (nSPS) is 30.7. The maximum Gasteiger partial charge on any atom is 0.105 e. The highest BCUT2D eigenvalue weighted by molar-refractivity contribution is 7.14. The van der Waals surface area contributed by atoms with E-state index in [2.05, 4.69) is 12.2 Å². The van der Waals surface area contributed by atoms with E-state index in [9.17, 15) is 5.11 Å². The summed E-state index contributed by atoms with van der Waals surface area (Å²) < 4.78 is 6.20. The Morgan fingerprint density at radius 2 is 2.53 bits per heavy atom. The molecule has 3 atom stereocenters. The quantitative estimate of drug-likeness (QED) is 0.888. The van der Waals surface area contributed by atoms with Gasteiger partial charge in [0.25, 0.3) is 0 Å². The molecule has 0 amide bonds. The van der Waals surface area contributed by atoms with Crippen LogP contribution in [0.25, 0.3) is 0 Å². The Bertz CT molecular complexity index is 384. The molecular formula is C12H18ClNO2S. The van der Waals surface area contributed by atoms with Gasteiger partial charge in [-0.25, -0.2) is 0 Å². The van der Waals surface area contributed by atoms with Crippen LogP contribution in [0.5, 0.6) is 0 Å². The van der Waals surface area contributed by atoms with Crippen molar-refractivity contribution < 1.29 is 9.84 Å². The van der Waals surface area contributed by atoms with Crippen molar-refractivity contribution >= 4 is 22.9 Å². The van der Waals surface area contributed by atoms with Crippen molar-refractivity contribution in [2.24, 2.45) is 0 Å². The monoisotopic (exact) mass is 275 g/mol. The van der Waals surface area contributed by atoms with Crippen LogP contribution in [-0.4, -0.2) is 30.0 Å². The largest absolute Gasteiger partial charge is 0.386 e. The minimum Gasteiger partial charge on any atom is -0.386 e.